The Morgan fingerprint density at radius 1 is 1.20 bits per heavy atom. The van der Waals surface area contributed by atoms with Gasteiger partial charge in [-0.25, -0.2) is 9.78 Å². The quantitative estimate of drug-likeness (QED) is 0.441. The highest BCUT2D eigenvalue weighted by atomic mass is 79.9. The van der Waals surface area contributed by atoms with Gasteiger partial charge in [0.05, 0.1) is 10.6 Å². The normalized spacial score (nSPS) is 11.1. The first kappa shape index (κ1) is 16.3. The fourth-order valence-electron chi connectivity index (χ4n) is 2.64. The molecule has 0 aliphatic rings. The van der Waals surface area contributed by atoms with Gasteiger partial charge >= 0.3 is 5.97 Å². The van der Waals surface area contributed by atoms with Crippen LogP contribution in [0.3, 0.4) is 0 Å². The number of imidazole rings is 1. The number of hydrogen-bond donors (Lipinski definition) is 1. The highest BCUT2D eigenvalue weighted by Gasteiger charge is 2.18. The van der Waals surface area contributed by atoms with Gasteiger partial charge < -0.3 is 5.11 Å². The van der Waals surface area contributed by atoms with Gasteiger partial charge in [0, 0.05) is 27.2 Å². The number of carboxylic acids is 1. The molecule has 0 atom stereocenters. The van der Waals surface area contributed by atoms with E-state index in [1.165, 1.54) is 0 Å². The van der Waals surface area contributed by atoms with Crippen LogP contribution >= 0.6 is 38.9 Å². The molecule has 7 heteroatoms. The van der Waals surface area contributed by atoms with Gasteiger partial charge in [-0.3, -0.25) is 4.40 Å². The second kappa shape index (κ2) is 6.29. The van der Waals surface area contributed by atoms with Gasteiger partial charge in [0.2, 0.25) is 0 Å². The zero-order valence-corrected chi connectivity index (χ0v) is 15.8. The van der Waals surface area contributed by atoms with Crippen molar-refractivity contribution in [3.05, 3.63) is 69.1 Å². The number of thiazole rings is 1. The molecule has 0 bridgehead atoms. The number of aromatic nitrogens is 2. The Labute approximate surface area is 160 Å². The zero-order chi connectivity index (χ0) is 17.6. The van der Waals surface area contributed by atoms with E-state index in [4.69, 9.17) is 21.7 Å². The van der Waals surface area contributed by atoms with Crippen molar-refractivity contribution in [1.82, 2.24) is 9.38 Å². The molecule has 0 aliphatic carbocycles. The minimum atomic E-state index is -0.947. The number of fused-ring (bicyclic) bond motifs is 1. The largest absolute Gasteiger partial charge is 0.478 e. The SMILES string of the molecule is O=C(O)c1ccc(-c2nc(-c3cc(Br)ccc3Cl)c3sccn23)cc1. The van der Waals surface area contributed by atoms with Crippen molar-refractivity contribution >= 4 is 49.7 Å². The van der Waals surface area contributed by atoms with E-state index in [0.717, 1.165) is 31.9 Å². The Kier molecular flexibility index (Phi) is 4.11. The first-order valence-corrected chi connectivity index (χ1v) is 9.34. The number of benzene rings is 2. The van der Waals surface area contributed by atoms with E-state index in [9.17, 15) is 4.79 Å². The molecule has 0 saturated heterocycles. The molecule has 0 saturated carbocycles. The Bertz CT molecular complexity index is 1100. The maximum absolute atomic E-state index is 11.0. The lowest BCUT2D eigenvalue weighted by atomic mass is 10.1. The van der Waals surface area contributed by atoms with Crippen LogP contribution in [-0.2, 0) is 0 Å². The lowest BCUT2D eigenvalue weighted by Crippen LogP contribution is -1.95. The summed E-state index contributed by atoms with van der Waals surface area (Å²) in [7, 11) is 0. The molecule has 25 heavy (non-hydrogen) atoms. The molecule has 0 radical (unpaired) electrons. The van der Waals surface area contributed by atoms with Crippen LogP contribution in [0.5, 0.6) is 0 Å². The zero-order valence-electron chi connectivity index (χ0n) is 12.6. The van der Waals surface area contributed by atoms with Crippen LogP contribution in [0.15, 0.2) is 58.5 Å². The molecule has 4 rings (SSSR count). The number of nitrogens with zero attached hydrogens (tertiary/aromatic N) is 2. The van der Waals surface area contributed by atoms with Gasteiger partial charge in [0.25, 0.3) is 0 Å². The Morgan fingerprint density at radius 3 is 2.68 bits per heavy atom. The second-order valence-electron chi connectivity index (χ2n) is 5.37. The number of halogens is 2. The predicted molar refractivity (Wildman–Crippen MR) is 104 cm³/mol. The standard InChI is InChI=1S/C18H10BrClN2O2S/c19-12-5-6-14(20)13(9-12)15-17-22(7-8-25-17)16(21-15)10-1-3-11(4-2-10)18(23)24/h1-9H,(H,23,24). The molecule has 2 heterocycles. The lowest BCUT2D eigenvalue weighted by molar-refractivity contribution is 0.0697. The van der Waals surface area contributed by atoms with Gasteiger partial charge in [-0.1, -0.05) is 39.7 Å². The third-order valence-corrected chi connectivity index (χ3v) is 5.52. The van der Waals surface area contributed by atoms with Gasteiger partial charge in [0.15, 0.2) is 0 Å². The number of rotatable bonds is 3. The molecule has 124 valence electrons. The average Bonchev–Trinajstić information content (AvgIpc) is 3.20. The van der Waals surface area contributed by atoms with Crippen LogP contribution in [0, 0.1) is 0 Å². The molecule has 4 aromatic rings. The van der Waals surface area contributed by atoms with E-state index in [0.29, 0.717) is 5.02 Å². The van der Waals surface area contributed by atoms with Gasteiger partial charge in [0.1, 0.15) is 16.3 Å². The maximum Gasteiger partial charge on any atom is 0.335 e. The Balaban J connectivity index is 1.91. The molecule has 2 aromatic carbocycles. The molecule has 0 amide bonds. The molecule has 0 fully saturated rings. The predicted octanol–water partition coefficient (Wildman–Crippen LogP) is 5.84. The van der Waals surface area contributed by atoms with Crippen LogP contribution < -0.4 is 0 Å². The summed E-state index contributed by atoms with van der Waals surface area (Å²) >= 11 is 11.4. The molecule has 2 aromatic heterocycles. The first-order valence-electron chi connectivity index (χ1n) is 7.29. The number of hydrogen-bond acceptors (Lipinski definition) is 3. The summed E-state index contributed by atoms with van der Waals surface area (Å²) in [6.07, 6.45) is 1.95. The van der Waals surface area contributed by atoms with Gasteiger partial charge in [-0.05, 0) is 30.3 Å². The first-order chi connectivity index (χ1) is 12.0. The minimum Gasteiger partial charge on any atom is -0.478 e. The molecule has 1 N–H and O–H groups in total. The van der Waals surface area contributed by atoms with Crippen molar-refractivity contribution in [3.8, 4) is 22.6 Å². The third kappa shape index (κ3) is 2.86. The third-order valence-electron chi connectivity index (χ3n) is 3.83. The number of carboxylic acid groups (broad SMARTS) is 1. The smallest absolute Gasteiger partial charge is 0.335 e. The monoisotopic (exact) mass is 432 g/mol. The highest BCUT2D eigenvalue weighted by Crippen LogP contribution is 2.37. The van der Waals surface area contributed by atoms with E-state index in [-0.39, 0.29) is 5.56 Å². The molecular formula is C18H10BrClN2O2S. The van der Waals surface area contributed by atoms with Crippen molar-refractivity contribution < 1.29 is 9.90 Å². The lowest BCUT2D eigenvalue weighted by Gasteiger charge is -2.02. The summed E-state index contributed by atoms with van der Waals surface area (Å²) in [5.41, 5.74) is 2.75. The molecular weight excluding hydrogens is 424 g/mol. The van der Waals surface area contributed by atoms with Gasteiger partial charge in [-0.15, -0.1) is 11.3 Å². The van der Waals surface area contributed by atoms with E-state index in [2.05, 4.69) is 15.9 Å². The summed E-state index contributed by atoms with van der Waals surface area (Å²) in [5.74, 6) is -0.198. The average molecular weight is 434 g/mol. The van der Waals surface area contributed by atoms with E-state index in [1.54, 1.807) is 35.6 Å². The topological polar surface area (TPSA) is 54.6 Å². The van der Waals surface area contributed by atoms with Crippen molar-refractivity contribution in [2.45, 2.75) is 0 Å². The van der Waals surface area contributed by atoms with Crippen LogP contribution in [-0.4, -0.2) is 20.5 Å². The molecule has 4 nitrogen and oxygen atoms in total. The van der Waals surface area contributed by atoms with E-state index >= 15 is 0 Å². The van der Waals surface area contributed by atoms with E-state index < -0.39 is 5.97 Å². The molecule has 0 aliphatic heterocycles. The highest BCUT2D eigenvalue weighted by molar-refractivity contribution is 9.10. The summed E-state index contributed by atoms with van der Waals surface area (Å²) in [5, 5.41) is 11.7. The molecule has 0 spiro atoms. The van der Waals surface area contributed by atoms with Crippen molar-refractivity contribution in [3.63, 3.8) is 0 Å². The van der Waals surface area contributed by atoms with Crippen molar-refractivity contribution in [2.75, 3.05) is 0 Å². The second-order valence-corrected chi connectivity index (χ2v) is 7.59. The Hall–Kier alpha value is -2.15. The van der Waals surface area contributed by atoms with Crippen LogP contribution in [0.2, 0.25) is 5.02 Å². The Morgan fingerprint density at radius 2 is 1.96 bits per heavy atom. The van der Waals surface area contributed by atoms with Gasteiger partial charge in [-0.2, -0.15) is 0 Å². The van der Waals surface area contributed by atoms with Crippen molar-refractivity contribution in [1.29, 1.82) is 0 Å². The van der Waals surface area contributed by atoms with Crippen molar-refractivity contribution in [2.24, 2.45) is 0 Å². The van der Waals surface area contributed by atoms with Crippen LogP contribution in [0.4, 0.5) is 0 Å². The molecule has 0 unspecified atom stereocenters. The van der Waals surface area contributed by atoms with Crippen LogP contribution in [0.1, 0.15) is 10.4 Å². The summed E-state index contributed by atoms with van der Waals surface area (Å²) in [4.78, 5) is 16.8. The van der Waals surface area contributed by atoms with Crippen LogP contribution in [0.25, 0.3) is 27.5 Å². The van der Waals surface area contributed by atoms with E-state index in [1.807, 2.05) is 34.2 Å². The minimum absolute atomic E-state index is 0.247. The number of aromatic carboxylic acids is 1. The fraction of sp³-hybridized carbons (Fsp3) is 0. The fourth-order valence-corrected chi connectivity index (χ4v) is 4.05. The summed E-state index contributed by atoms with van der Waals surface area (Å²) in [6.45, 7) is 0. The summed E-state index contributed by atoms with van der Waals surface area (Å²) < 4.78 is 2.92. The maximum atomic E-state index is 11.0. The number of carbonyl (C=O) groups is 1. The summed E-state index contributed by atoms with van der Waals surface area (Å²) in [6, 6.07) is 12.4.